The van der Waals surface area contributed by atoms with Gasteiger partial charge in [-0.1, -0.05) is 153 Å². The summed E-state index contributed by atoms with van der Waals surface area (Å²) >= 11 is 0. The number of amides is 15. The van der Waals surface area contributed by atoms with Crippen molar-refractivity contribution in [3.05, 3.63) is 102 Å². The monoisotopic (exact) mass is 1930 g/mol. The van der Waals surface area contributed by atoms with E-state index in [4.69, 9.17) is 11.5 Å². The van der Waals surface area contributed by atoms with Crippen LogP contribution < -0.4 is 91.2 Å². The number of para-hydroxylation sites is 1. The molecule has 0 aliphatic carbocycles. The molecule has 1 saturated heterocycles. The van der Waals surface area contributed by atoms with Crippen LogP contribution in [0.2, 0.25) is 0 Å². The van der Waals surface area contributed by atoms with Crippen LogP contribution in [-0.2, 0) is 115 Å². The Morgan fingerprint density at radius 1 is 0.507 bits per heavy atom. The fourth-order valence-corrected chi connectivity index (χ4v) is 15.6. The van der Waals surface area contributed by atoms with Crippen LogP contribution in [0.25, 0.3) is 10.9 Å². The maximum atomic E-state index is 15.6. The van der Waals surface area contributed by atoms with Gasteiger partial charge in [0, 0.05) is 75.1 Å². The van der Waals surface area contributed by atoms with Crippen molar-refractivity contribution in [3.63, 3.8) is 0 Å². The van der Waals surface area contributed by atoms with Gasteiger partial charge in [-0.25, -0.2) is 0 Å². The molecule has 1 aliphatic heterocycles. The maximum absolute atomic E-state index is 15.6. The minimum atomic E-state index is -2.07. The number of aromatic hydroxyl groups is 1. The summed E-state index contributed by atoms with van der Waals surface area (Å²) in [4.78, 5) is 284. The number of carbonyl (C=O) groups is 20. The first-order valence-corrected chi connectivity index (χ1v) is 47.3. The van der Waals surface area contributed by atoms with E-state index in [1.54, 1.807) is 88.5 Å². The number of carboxylic acids is 1. The number of carbonyl (C=O) groups excluding carboxylic acids is 19. The van der Waals surface area contributed by atoms with Crippen molar-refractivity contribution < 1.29 is 111 Å². The molecule has 4 aromatic rings. The predicted molar refractivity (Wildman–Crippen MR) is 510 cm³/mol. The lowest BCUT2D eigenvalue weighted by atomic mass is 9.89. The summed E-state index contributed by atoms with van der Waals surface area (Å²) in [7, 11) is 0. The number of nitrogens with one attached hydrogen (secondary N) is 16. The number of fused-ring (bicyclic) bond motifs is 1. The van der Waals surface area contributed by atoms with Gasteiger partial charge in [0.15, 0.2) is 0 Å². The quantitative estimate of drug-likeness (QED) is 0.0277. The molecule has 41 nitrogen and oxygen atoms in total. The van der Waals surface area contributed by atoms with Gasteiger partial charge in [-0.3, -0.25) is 95.9 Å². The van der Waals surface area contributed by atoms with E-state index in [0.717, 1.165) is 0 Å². The molecular formula is C97H144N18O23. The van der Waals surface area contributed by atoms with E-state index in [9.17, 15) is 82.4 Å². The van der Waals surface area contributed by atoms with E-state index in [0.29, 0.717) is 79.0 Å². The van der Waals surface area contributed by atoms with E-state index in [1.165, 1.54) is 100 Å². The highest BCUT2D eigenvalue weighted by atomic mass is 16.4. The average Bonchev–Trinajstić information content (AvgIpc) is 1.72. The first-order valence-electron chi connectivity index (χ1n) is 47.3. The summed E-state index contributed by atoms with van der Waals surface area (Å²) in [6.07, 6.45) is 1.17. The van der Waals surface area contributed by atoms with Crippen molar-refractivity contribution in [1.82, 2.24) is 84.7 Å². The molecular weight excluding hydrogens is 1790 g/mol. The Kier molecular flexibility index (Phi) is 47.0. The van der Waals surface area contributed by atoms with E-state index in [-0.39, 0.29) is 75.6 Å². The normalized spacial score (nSPS) is 21.9. The van der Waals surface area contributed by atoms with Crippen molar-refractivity contribution in [2.45, 2.75) is 328 Å². The fourth-order valence-electron chi connectivity index (χ4n) is 15.6. The number of aliphatic hydroxyl groups is 1. The molecule has 138 heavy (non-hydrogen) atoms. The Labute approximate surface area is 804 Å². The highest BCUT2D eigenvalue weighted by Crippen LogP contribution is 2.26. The van der Waals surface area contributed by atoms with Crippen LogP contribution in [-0.4, -0.2) is 247 Å². The lowest BCUT2D eigenvalue weighted by Gasteiger charge is -2.34. The van der Waals surface area contributed by atoms with Gasteiger partial charge in [0.1, 0.15) is 71.2 Å². The van der Waals surface area contributed by atoms with Crippen LogP contribution >= 0.6 is 0 Å². The number of benzene rings is 3. The van der Waals surface area contributed by atoms with Gasteiger partial charge in [0.2, 0.25) is 112 Å². The van der Waals surface area contributed by atoms with Crippen LogP contribution in [0.1, 0.15) is 230 Å². The first kappa shape index (κ1) is 116. The number of H-pyrrole nitrogens is 1. The number of hydrogen-bond acceptors (Lipinski definition) is 24. The zero-order valence-electron chi connectivity index (χ0n) is 81.7. The smallest absolute Gasteiger partial charge is 0.303 e. The van der Waals surface area contributed by atoms with E-state index in [1.807, 2.05) is 0 Å². The summed E-state index contributed by atoms with van der Waals surface area (Å²) in [5.74, 6) is -21.4. The Balaban J connectivity index is 1.57. The van der Waals surface area contributed by atoms with Crippen molar-refractivity contribution in [3.8, 4) is 5.75 Å². The van der Waals surface area contributed by atoms with Crippen LogP contribution in [0, 0.1) is 23.7 Å². The van der Waals surface area contributed by atoms with Crippen LogP contribution in [0.4, 0.5) is 0 Å². The van der Waals surface area contributed by atoms with Crippen LogP contribution in [0.15, 0.2) is 85.1 Å². The number of Topliss-reactive ketones (excluding diaryl/α,β-unsaturated/α-hetero) is 4. The van der Waals surface area contributed by atoms with E-state index < -0.39 is 257 Å². The summed E-state index contributed by atoms with van der Waals surface area (Å²) in [5, 5.41) is 72.1. The number of aliphatic hydroxyl groups excluding tert-OH is 1. The van der Waals surface area contributed by atoms with Gasteiger partial charge >= 0.3 is 5.97 Å². The number of primary amides is 2. The van der Waals surface area contributed by atoms with Gasteiger partial charge in [-0.05, 0) is 148 Å². The molecule has 23 N–H and O–H groups in total. The molecule has 3 aromatic carbocycles. The lowest BCUT2D eigenvalue weighted by molar-refractivity contribution is -0.140. The van der Waals surface area contributed by atoms with Gasteiger partial charge < -0.3 is 112 Å². The van der Waals surface area contributed by atoms with Gasteiger partial charge in [-0.2, -0.15) is 0 Å². The summed E-state index contributed by atoms with van der Waals surface area (Å²) in [6, 6.07) is 1.22. The molecule has 1 fully saturated rings. The molecule has 3 unspecified atom stereocenters. The molecule has 760 valence electrons. The molecule has 0 saturated carbocycles. The minimum absolute atomic E-state index is 0.00230. The number of aromatic nitrogens is 1. The number of aliphatic carboxylic acids is 1. The zero-order chi connectivity index (χ0) is 103. The van der Waals surface area contributed by atoms with E-state index in [2.05, 4.69) is 84.7 Å². The molecule has 0 bridgehead atoms. The number of phenols is 1. The second-order valence-electron chi connectivity index (χ2n) is 37.5. The second kappa shape index (κ2) is 56.1. The number of aromatic amines is 1. The molecule has 5 rings (SSSR count). The van der Waals surface area contributed by atoms with Crippen molar-refractivity contribution in [2.75, 3.05) is 13.1 Å². The van der Waals surface area contributed by atoms with Gasteiger partial charge in [0.05, 0.1) is 36.2 Å². The summed E-state index contributed by atoms with van der Waals surface area (Å²) in [5.41, 5.74) is 8.90. The average molecular weight is 1930 g/mol. The van der Waals surface area contributed by atoms with Crippen molar-refractivity contribution >= 4 is 129 Å². The summed E-state index contributed by atoms with van der Waals surface area (Å²) in [6.45, 7) is 21.4. The second-order valence-corrected chi connectivity index (χ2v) is 37.5. The Morgan fingerprint density at radius 3 is 1.59 bits per heavy atom. The Bertz CT molecular complexity index is 4910. The Hall–Kier alpha value is -12.9. The number of nitrogens with two attached hydrogens (primary N) is 2. The van der Waals surface area contributed by atoms with Crippen molar-refractivity contribution in [1.29, 1.82) is 0 Å². The van der Waals surface area contributed by atoms with Crippen molar-refractivity contribution in [2.24, 2.45) is 35.1 Å². The number of phenolic OH excluding ortho intramolecular Hbond substituents is 1. The number of ketones is 4. The number of carboxylic acid groups (broad SMARTS) is 1. The zero-order valence-corrected chi connectivity index (χ0v) is 81.7. The molecule has 18 atom stereocenters. The molecule has 0 radical (unpaired) electrons. The molecule has 1 aromatic heterocycles. The third-order valence-corrected chi connectivity index (χ3v) is 24.1. The SMILES string of the molecule is CC(=O)N[C@@H](CC(C)C)C(=O)N[C@H](C(=O)N[C@@H](Cc1ccccc1)C(=O)N[C@]1(C)CCCCCCCCCCC[C@@](C)(C(=O)NC(C)C(=O)N[C@@H](C)C(=O)NC(C)C(=O)N[C@@H](C)C(=O)C(=O)[C@H](C)NC[C@H](C)C(N)=O)NC(=O)[C@H](CC(C)C)CN[C@@H](CCC(N)=O)C(=O)C(=O)[C@H](C)NC(=O)[C@H](Cc2c[nH]c3ccccc23)NC(=O)C(Cc2ccc(O)cc2)NC(=O)[C@H](CCC(=O)O)NC1=O)[C@@H](C)O. The third kappa shape index (κ3) is 38.2. The highest BCUT2D eigenvalue weighted by Gasteiger charge is 2.44. The Morgan fingerprint density at radius 2 is 1.04 bits per heavy atom. The number of hydrogen-bond donors (Lipinski definition) is 21. The minimum Gasteiger partial charge on any atom is -0.508 e. The third-order valence-electron chi connectivity index (χ3n) is 24.1. The van der Waals surface area contributed by atoms with Gasteiger partial charge in [-0.15, -0.1) is 0 Å². The van der Waals surface area contributed by atoms with Gasteiger partial charge in [0.25, 0.3) is 0 Å². The first-order chi connectivity index (χ1) is 64.8. The molecule has 1 aliphatic rings. The molecule has 2 heterocycles. The molecule has 41 heteroatoms. The topological polar surface area (TPSA) is 650 Å². The largest absolute Gasteiger partial charge is 0.508 e. The standard InChI is InChI=1S/C97H144N18O23/c1-52(2)44-66-51-102-70(38-40-76(98)119)82(125)81(124)57(8)104-89(132)75(48-65-50-101-69-33-27-26-32-68(65)69)110-90(133)73(47-64-34-36-67(118)37-35-64)109-88(131)71(39-41-77(120)121)112-95(138)97(15,115-92(135)74(46-63-30-24-23-25-31-63)111-93(136)78(61(12)116)113-91(134)72(45-53(3)4)108-62(13)117)43-29-22-20-18-16-17-19-21-28-42-96(14,114-87(66)130)94(137)107-60(11)86(129)106-59(10)85(128)105-58(9)84(127)103-56(7)80(123)79(122)55(6)100-49-54(5)83(99)126/h23-27,30-37,50,52-61,66,70-75,78,100-102,116,118H,16-22,28-29,38-49,51H2,1-15H3,(H2,98,119)(H2,99,126)(H,103,127)(H,104,132)(H,105,128)(H,106,129)(H,107,137)(H,108,117)(H,109,131)(H,110,133)(H,111,136)(H,112,138)(H,113,134)(H,114,130)(H,115,135)(H,120,121)/t54-,55-,56-,57-,58?,59-,60?,61+,66+,70-,71-,72-,73?,74-,75-,78-,96-,97+/m0/s1. The summed E-state index contributed by atoms with van der Waals surface area (Å²) < 4.78 is 0. The predicted octanol–water partition coefficient (Wildman–Crippen LogP) is 0.962. The molecule has 0 spiro atoms. The maximum Gasteiger partial charge on any atom is 0.303 e. The molecule has 15 amide bonds. The lowest BCUT2D eigenvalue weighted by Crippen LogP contribution is -2.65. The highest BCUT2D eigenvalue weighted by molar-refractivity contribution is 6.41. The fraction of sp³-hybridized carbons (Fsp3) is 0.588. The van der Waals surface area contributed by atoms with Crippen LogP contribution in [0.5, 0.6) is 5.75 Å². The van der Waals surface area contributed by atoms with E-state index >= 15 is 28.8 Å². The van der Waals surface area contributed by atoms with Crippen LogP contribution in [0.3, 0.4) is 0 Å². The number of rotatable bonds is 39.